The summed E-state index contributed by atoms with van der Waals surface area (Å²) in [7, 11) is 0. The molecule has 1 N–H and O–H groups in total. The third-order valence-corrected chi connectivity index (χ3v) is 4.71. The summed E-state index contributed by atoms with van der Waals surface area (Å²) in [5.74, 6) is -0.181. The van der Waals surface area contributed by atoms with Crippen LogP contribution in [0.5, 0.6) is 0 Å². The predicted molar refractivity (Wildman–Crippen MR) is 104 cm³/mol. The number of nitrogens with one attached hydrogen (secondary N) is 1. The van der Waals surface area contributed by atoms with E-state index >= 15 is 0 Å². The molecule has 0 spiro atoms. The van der Waals surface area contributed by atoms with E-state index in [2.05, 4.69) is 46.1 Å². The lowest BCUT2D eigenvalue weighted by molar-refractivity contribution is 0.102. The number of anilines is 3. The van der Waals surface area contributed by atoms with Gasteiger partial charge >= 0.3 is 0 Å². The van der Waals surface area contributed by atoms with Crippen molar-refractivity contribution >= 4 is 23.0 Å². The van der Waals surface area contributed by atoms with Gasteiger partial charge in [-0.2, -0.15) is 0 Å². The first-order valence-corrected chi connectivity index (χ1v) is 9.08. The van der Waals surface area contributed by atoms with Crippen molar-refractivity contribution < 1.29 is 4.79 Å². The van der Waals surface area contributed by atoms with Crippen molar-refractivity contribution in [2.75, 3.05) is 41.3 Å². The Hall–Kier alpha value is -2.56. The van der Waals surface area contributed by atoms with Crippen molar-refractivity contribution in [3.8, 4) is 0 Å². The average molecular weight is 338 g/mol. The molecular weight excluding hydrogens is 312 g/mol. The summed E-state index contributed by atoms with van der Waals surface area (Å²) < 4.78 is 0. The summed E-state index contributed by atoms with van der Waals surface area (Å²) in [5, 5.41) is 2.92. The van der Waals surface area contributed by atoms with Crippen molar-refractivity contribution in [1.82, 2.24) is 4.98 Å². The fraction of sp³-hybridized carbons (Fsp3) is 0.400. The maximum absolute atomic E-state index is 12.4. The van der Waals surface area contributed by atoms with Gasteiger partial charge in [0.2, 0.25) is 0 Å². The summed E-state index contributed by atoms with van der Waals surface area (Å²) in [4.78, 5) is 21.3. The van der Waals surface area contributed by atoms with Crippen LogP contribution in [0.1, 0.15) is 37.2 Å². The molecule has 0 saturated carbocycles. The van der Waals surface area contributed by atoms with Crippen LogP contribution in [0.25, 0.3) is 0 Å². The molecule has 5 nitrogen and oxygen atoms in total. The Morgan fingerprint density at radius 3 is 2.32 bits per heavy atom. The summed E-state index contributed by atoms with van der Waals surface area (Å²) in [6.07, 6.45) is 4.28. The lowest BCUT2D eigenvalue weighted by atomic mass is 10.2. The number of amides is 1. The van der Waals surface area contributed by atoms with Gasteiger partial charge in [-0.1, -0.05) is 0 Å². The summed E-state index contributed by atoms with van der Waals surface area (Å²) >= 11 is 0. The second kappa shape index (κ2) is 8.01. The molecule has 2 heterocycles. The van der Waals surface area contributed by atoms with Gasteiger partial charge in [0.15, 0.2) is 0 Å². The van der Waals surface area contributed by atoms with Crippen LogP contribution in [-0.2, 0) is 0 Å². The zero-order valence-corrected chi connectivity index (χ0v) is 15.0. The molecule has 0 unspecified atom stereocenters. The van der Waals surface area contributed by atoms with Crippen molar-refractivity contribution in [2.24, 2.45) is 0 Å². The van der Waals surface area contributed by atoms with Gasteiger partial charge in [-0.3, -0.25) is 4.79 Å². The van der Waals surface area contributed by atoms with Crippen LogP contribution in [0.3, 0.4) is 0 Å². The Morgan fingerprint density at radius 2 is 1.76 bits per heavy atom. The van der Waals surface area contributed by atoms with Crippen LogP contribution in [-0.4, -0.2) is 37.1 Å². The maximum atomic E-state index is 12.4. The molecule has 1 saturated heterocycles. The van der Waals surface area contributed by atoms with Crippen LogP contribution in [0.15, 0.2) is 42.6 Å². The van der Waals surface area contributed by atoms with Crippen LogP contribution < -0.4 is 15.1 Å². The number of nitrogens with zero attached hydrogens (tertiary/aromatic N) is 3. The van der Waals surface area contributed by atoms with E-state index in [1.165, 1.54) is 18.5 Å². The van der Waals surface area contributed by atoms with Gasteiger partial charge in [0.25, 0.3) is 5.91 Å². The van der Waals surface area contributed by atoms with E-state index in [-0.39, 0.29) is 5.91 Å². The molecule has 1 fully saturated rings. The fourth-order valence-corrected chi connectivity index (χ4v) is 3.22. The molecule has 2 aromatic rings. The molecule has 1 aromatic carbocycles. The predicted octanol–water partition coefficient (Wildman–Crippen LogP) is 3.78. The van der Waals surface area contributed by atoms with E-state index in [0.29, 0.717) is 5.69 Å². The minimum atomic E-state index is -0.181. The third kappa shape index (κ3) is 4.10. The number of pyridine rings is 1. The molecule has 0 radical (unpaired) electrons. The zero-order chi connectivity index (χ0) is 17.6. The van der Waals surface area contributed by atoms with Gasteiger partial charge in [0, 0.05) is 37.6 Å². The first kappa shape index (κ1) is 17.3. The molecule has 1 aromatic heterocycles. The summed E-state index contributed by atoms with van der Waals surface area (Å²) in [6, 6.07) is 11.8. The van der Waals surface area contributed by atoms with Crippen molar-refractivity contribution in [2.45, 2.75) is 26.7 Å². The number of carbonyl (C=O) groups excluding carboxylic acids is 1. The lowest BCUT2D eigenvalue weighted by Crippen LogP contribution is -2.22. The molecule has 25 heavy (non-hydrogen) atoms. The van der Waals surface area contributed by atoms with Crippen molar-refractivity contribution in [3.63, 3.8) is 0 Å². The summed E-state index contributed by atoms with van der Waals surface area (Å²) in [6.45, 7) is 8.30. The third-order valence-electron chi connectivity index (χ3n) is 4.71. The van der Waals surface area contributed by atoms with Crippen LogP contribution in [0, 0.1) is 0 Å². The van der Waals surface area contributed by atoms with E-state index < -0.39 is 0 Å². The van der Waals surface area contributed by atoms with E-state index in [0.717, 1.165) is 37.6 Å². The Morgan fingerprint density at radius 1 is 1.08 bits per heavy atom. The average Bonchev–Trinajstić information content (AvgIpc) is 3.18. The fourth-order valence-electron chi connectivity index (χ4n) is 3.22. The number of hydrogen-bond donors (Lipinski definition) is 1. The minimum Gasteiger partial charge on any atom is -0.372 e. The SMILES string of the molecule is CCN(CC)c1ccc(C(=O)Nc2ccc(N3CCCC3)cc2)nc1. The molecule has 0 aliphatic carbocycles. The zero-order valence-electron chi connectivity index (χ0n) is 15.0. The molecule has 0 atom stereocenters. The van der Waals surface area contributed by atoms with Crippen LogP contribution in [0.4, 0.5) is 17.1 Å². The van der Waals surface area contributed by atoms with E-state index in [1.807, 2.05) is 18.2 Å². The second-order valence-corrected chi connectivity index (χ2v) is 6.27. The minimum absolute atomic E-state index is 0.181. The topological polar surface area (TPSA) is 48.5 Å². The monoisotopic (exact) mass is 338 g/mol. The molecule has 1 aliphatic rings. The number of hydrogen-bond acceptors (Lipinski definition) is 4. The van der Waals surface area contributed by atoms with Crippen molar-refractivity contribution in [1.29, 1.82) is 0 Å². The maximum Gasteiger partial charge on any atom is 0.274 e. The normalized spacial score (nSPS) is 13.8. The van der Waals surface area contributed by atoms with Gasteiger partial charge in [-0.15, -0.1) is 0 Å². The van der Waals surface area contributed by atoms with Gasteiger partial charge in [-0.05, 0) is 63.1 Å². The second-order valence-electron chi connectivity index (χ2n) is 6.27. The highest BCUT2D eigenvalue weighted by molar-refractivity contribution is 6.03. The molecule has 5 heteroatoms. The number of aromatic nitrogens is 1. The number of rotatable bonds is 6. The highest BCUT2D eigenvalue weighted by Gasteiger charge is 2.13. The standard InChI is InChI=1S/C20H26N4O/c1-3-23(4-2)18-11-12-19(21-15-18)20(25)22-16-7-9-17(10-8-16)24-13-5-6-14-24/h7-12,15H,3-6,13-14H2,1-2H3,(H,22,25). The lowest BCUT2D eigenvalue weighted by Gasteiger charge is -2.20. The quantitative estimate of drug-likeness (QED) is 0.871. The Bertz CT molecular complexity index is 687. The number of carbonyl (C=O) groups is 1. The highest BCUT2D eigenvalue weighted by atomic mass is 16.1. The van der Waals surface area contributed by atoms with E-state index in [9.17, 15) is 4.79 Å². The Balaban J connectivity index is 1.63. The van der Waals surface area contributed by atoms with Crippen LogP contribution >= 0.6 is 0 Å². The molecule has 1 aliphatic heterocycles. The van der Waals surface area contributed by atoms with Crippen LogP contribution in [0.2, 0.25) is 0 Å². The molecule has 132 valence electrons. The molecule has 1 amide bonds. The van der Waals surface area contributed by atoms with Gasteiger partial charge < -0.3 is 15.1 Å². The first-order valence-electron chi connectivity index (χ1n) is 9.08. The Kier molecular flexibility index (Phi) is 5.53. The van der Waals surface area contributed by atoms with Gasteiger partial charge in [0.05, 0.1) is 11.9 Å². The highest BCUT2D eigenvalue weighted by Crippen LogP contribution is 2.22. The molecular formula is C20H26N4O. The van der Waals surface area contributed by atoms with E-state index in [4.69, 9.17) is 0 Å². The van der Waals surface area contributed by atoms with Gasteiger partial charge in [-0.25, -0.2) is 4.98 Å². The largest absolute Gasteiger partial charge is 0.372 e. The smallest absolute Gasteiger partial charge is 0.274 e. The summed E-state index contributed by atoms with van der Waals surface area (Å²) in [5.41, 5.74) is 3.48. The number of benzene rings is 1. The Labute approximate surface area is 149 Å². The van der Waals surface area contributed by atoms with Gasteiger partial charge in [0.1, 0.15) is 5.69 Å². The van der Waals surface area contributed by atoms with E-state index in [1.54, 1.807) is 12.3 Å². The molecule has 3 rings (SSSR count). The van der Waals surface area contributed by atoms with Crippen molar-refractivity contribution in [3.05, 3.63) is 48.3 Å². The first-order chi connectivity index (χ1) is 12.2. The molecule has 0 bridgehead atoms.